The third-order valence-electron chi connectivity index (χ3n) is 4.66. The van der Waals surface area contributed by atoms with Crippen molar-refractivity contribution in [2.45, 2.75) is 39.0 Å². The maximum absolute atomic E-state index is 12.0. The molecule has 1 saturated carbocycles. The zero-order valence-electron chi connectivity index (χ0n) is 10.00. The van der Waals surface area contributed by atoms with Crippen LogP contribution in [0.2, 0.25) is 0 Å². The summed E-state index contributed by atoms with van der Waals surface area (Å²) < 4.78 is 5.61. The molecule has 3 aliphatic rings. The molecule has 1 heterocycles. The van der Waals surface area contributed by atoms with Crippen LogP contribution >= 0.6 is 0 Å². The SMILES string of the molecule is C[C@]12COC[C@H]1/C=C1/CCC[C@H]1CC(=O)C2. The highest BCUT2D eigenvalue weighted by Crippen LogP contribution is 2.45. The monoisotopic (exact) mass is 220 g/mol. The lowest BCUT2D eigenvalue weighted by molar-refractivity contribution is -0.122. The lowest BCUT2D eigenvalue weighted by Gasteiger charge is -2.30. The molecule has 2 fully saturated rings. The molecule has 0 bridgehead atoms. The van der Waals surface area contributed by atoms with Crippen molar-refractivity contribution in [1.29, 1.82) is 0 Å². The molecule has 0 aromatic rings. The van der Waals surface area contributed by atoms with E-state index in [9.17, 15) is 4.79 Å². The Labute approximate surface area is 97.1 Å². The third kappa shape index (κ3) is 1.64. The van der Waals surface area contributed by atoms with Gasteiger partial charge in [0.1, 0.15) is 5.78 Å². The van der Waals surface area contributed by atoms with Gasteiger partial charge >= 0.3 is 0 Å². The van der Waals surface area contributed by atoms with E-state index < -0.39 is 0 Å². The normalized spacial score (nSPS) is 46.6. The van der Waals surface area contributed by atoms with E-state index in [4.69, 9.17) is 4.74 Å². The van der Waals surface area contributed by atoms with E-state index in [1.54, 1.807) is 5.57 Å². The number of carbonyl (C=O) groups is 1. The summed E-state index contributed by atoms with van der Waals surface area (Å²) in [5.41, 5.74) is 1.63. The van der Waals surface area contributed by atoms with Gasteiger partial charge in [-0.3, -0.25) is 4.79 Å². The first-order valence-corrected chi connectivity index (χ1v) is 6.47. The molecule has 2 aliphatic carbocycles. The fourth-order valence-electron chi connectivity index (χ4n) is 3.61. The number of ketones is 1. The molecule has 2 heteroatoms. The summed E-state index contributed by atoms with van der Waals surface area (Å²) in [5, 5.41) is 0. The van der Waals surface area contributed by atoms with Crippen LogP contribution in [0, 0.1) is 17.3 Å². The first-order chi connectivity index (χ1) is 7.67. The van der Waals surface area contributed by atoms with Gasteiger partial charge in [-0.2, -0.15) is 0 Å². The average Bonchev–Trinajstić information content (AvgIpc) is 2.75. The summed E-state index contributed by atoms with van der Waals surface area (Å²) in [5.74, 6) is 1.50. The van der Waals surface area contributed by atoms with Gasteiger partial charge < -0.3 is 4.74 Å². The zero-order valence-corrected chi connectivity index (χ0v) is 10.00. The van der Waals surface area contributed by atoms with Crippen molar-refractivity contribution in [2.75, 3.05) is 13.2 Å². The van der Waals surface area contributed by atoms with Crippen molar-refractivity contribution in [2.24, 2.45) is 17.3 Å². The van der Waals surface area contributed by atoms with Crippen LogP contribution in [0.4, 0.5) is 0 Å². The Morgan fingerprint density at radius 2 is 2.38 bits per heavy atom. The molecular formula is C14H20O2. The summed E-state index contributed by atoms with van der Waals surface area (Å²) in [7, 11) is 0. The molecule has 88 valence electrons. The van der Waals surface area contributed by atoms with Gasteiger partial charge in [0.15, 0.2) is 0 Å². The molecule has 1 aliphatic heterocycles. The predicted molar refractivity (Wildman–Crippen MR) is 62.1 cm³/mol. The number of hydrogen-bond acceptors (Lipinski definition) is 2. The van der Waals surface area contributed by atoms with E-state index in [1.165, 1.54) is 19.3 Å². The Morgan fingerprint density at radius 1 is 1.50 bits per heavy atom. The Morgan fingerprint density at radius 3 is 3.25 bits per heavy atom. The van der Waals surface area contributed by atoms with Gasteiger partial charge in [-0.1, -0.05) is 18.6 Å². The van der Waals surface area contributed by atoms with E-state index in [2.05, 4.69) is 13.0 Å². The average molecular weight is 220 g/mol. The van der Waals surface area contributed by atoms with Crippen LogP contribution in [-0.4, -0.2) is 19.0 Å². The van der Waals surface area contributed by atoms with Crippen molar-refractivity contribution in [3.8, 4) is 0 Å². The molecule has 0 unspecified atom stereocenters. The second-order valence-electron chi connectivity index (χ2n) is 6.03. The van der Waals surface area contributed by atoms with Gasteiger partial charge in [-0.15, -0.1) is 0 Å². The highest BCUT2D eigenvalue weighted by Gasteiger charge is 2.42. The van der Waals surface area contributed by atoms with Crippen molar-refractivity contribution in [3.05, 3.63) is 11.6 Å². The number of fused-ring (bicyclic) bond motifs is 2. The molecule has 0 N–H and O–H groups in total. The third-order valence-corrected chi connectivity index (χ3v) is 4.66. The maximum atomic E-state index is 12.0. The van der Waals surface area contributed by atoms with Crippen LogP contribution in [-0.2, 0) is 9.53 Å². The lowest BCUT2D eigenvalue weighted by atomic mass is 9.72. The molecule has 2 nitrogen and oxygen atoms in total. The summed E-state index contributed by atoms with van der Waals surface area (Å²) in [4.78, 5) is 12.0. The van der Waals surface area contributed by atoms with Crippen LogP contribution in [0.1, 0.15) is 39.0 Å². The predicted octanol–water partition coefficient (Wildman–Crippen LogP) is 2.73. The molecular weight excluding hydrogens is 200 g/mol. The number of Topliss-reactive ketones (excluding diaryl/α,β-unsaturated/α-hetero) is 1. The van der Waals surface area contributed by atoms with Crippen LogP contribution in [0.15, 0.2) is 11.6 Å². The lowest BCUT2D eigenvalue weighted by Crippen LogP contribution is -2.30. The Balaban J connectivity index is 1.95. The molecule has 3 rings (SSSR count). The van der Waals surface area contributed by atoms with E-state index in [0.29, 0.717) is 17.6 Å². The van der Waals surface area contributed by atoms with Crippen LogP contribution in [0.3, 0.4) is 0 Å². The minimum Gasteiger partial charge on any atom is -0.380 e. The Bertz CT molecular complexity index is 345. The Hall–Kier alpha value is -0.630. The summed E-state index contributed by atoms with van der Waals surface area (Å²) in [6.07, 6.45) is 7.67. The number of rotatable bonds is 0. The quantitative estimate of drug-likeness (QED) is 0.587. The first kappa shape index (κ1) is 10.5. The molecule has 0 spiro atoms. The fourth-order valence-corrected chi connectivity index (χ4v) is 3.61. The van der Waals surface area contributed by atoms with Gasteiger partial charge in [0, 0.05) is 24.2 Å². The summed E-state index contributed by atoms with van der Waals surface area (Å²) >= 11 is 0. The second-order valence-corrected chi connectivity index (χ2v) is 6.03. The first-order valence-electron chi connectivity index (χ1n) is 6.47. The Kier molecular flexibility index (Phi) is 2.43. The highest BCUT2D eigenvalue weighted by molar-refractivity contribution is 5.80. The van der Waals surface area contributed by atoms with E-state index >= 15 is 0 Å². The zero-order chi connectivity index (χ0) is 11.2. The molecule has 3 atom stereocenters. The number of hydrogen-bond donors (Lipinski definition) is 0. The van der Waals surface area contributed by atoms with Gasteiger partial charge in [0.25, 0.3) is 0 Å². The van der Waals surface area contributed by atoms with Crippen LogP contribution in [0.5, 0.6) is 0 Å². The standard InChI is InChI=1S/C14H20O2/c1-14-7-13(15)6-11-4-2-3-10(11)5-12(14)8-16-9-14/h5,11-12H,2-4,6-9H2,1H3/b10-5-/t11-,12+,14-/m0/s1. The molecule has 0 aromatic heterocycles. The number of allylic oxidation sites excluding steroid dienone is 1. The summed E-state index contributed by atoms with van der Waals surface area (Å²) in [6, 6.07) is 0. The molecule has 0 amide bonds. The second kappa shape index (κ2) is 3.69. The van der Waals surface area contributed by atoms with Gasteiger partial charge in [-0.25, -0.2) is 0 Å². The van der Waals surface area contributed by atoms with Crippen molar-refractivity contribution >= 4 is 5.78 Å². The van der Waals surface area contributed by atoms with Gasteiger partial charge in [-0.05, 0) is 25.2 Å². The minimum atomic E-state index is 0.0810. The smallest absolute Gasteiger partial charge is 0.134 e. The molecule has 0 radical (unpaired) electrons. The molecule has 16 heavy (non-hydrogen) atoms. The van der Waals surface area contributed by atoms with Gasteiger partial charge in [0.2, 0.25) is 0 Å². The largest absolute Gasteiger partial charge is 0.380 e. The summed E-state index contributed by atoms with van der Waals surface area (Å²) in [6.45, 7) is 3.80. The van der Waals surface area contributed by atoms with Crippen LogP contribution < -0.4 is 0 Å². The van der Waals surface area contributed by atoms with Crippen LogP contribution in [0.25, 0.3) is 0 Å². The number of ether oxygens (including phenoxy) is 1. The van der Waals surface area contributed by atoms with Crippen molar-refractivity contribution in [1.82, 2.24) is 0 Å². The molecule has 0 aromatic carbocycles. The minimum absolute atomic E-state index is 0.0810. The van der Waals surface area contributed by atoms with Gasteiger partial charge in [0.05, 0.1) is 13.2 Å². The van der Waals surface area contributed by atoms with Crippen molar-refractivity contribution in [3.63, 3.8) is 0 Å². The number of carbonyl (C=O) groups excluding carboxylic acids is 1. The van der Waals surface area contributed by atoms with E-state index in [-0.39, 0.29) is 5.41 Å². The fraction of sp³-hybridized carbons (Fsp3) is 0.786. The molecule has 1 saturated heterocycles. The topological polar surface area (TPSA) is 26.3 Å². The van der Waals surface area contributed by atoms with E-state index in [0.717, 1.165) is 26.1 Å². The highest BCUT2D eigenvalue weighted by atomic mass is 16.5. The maximum Gasteiger partial charge on any atom is 0.134 e. The van der Waals surface area contributed by atoms with Crippen molar-refractivity contribution < 1.29 is 9.53 Å². The van der Waals surface area contributed by atoms with E-state index in [1.807, 2.05) is 0 Å².